The molecular formula is C28H25N3O5. The number of imide groups is 1. The summed E-state index contributed by atoms with van der Waals surface area (Å²) in [6, 6.07) is 27.4. The van der Waals surface area contributed by atoms with E-state index < -0.39 is 30.0 Å². The van der Waals surface area contributed by atoms with E-state index in [0.717, 1.165) is 10.5 Å². The molecule has 0 radical (unpaired) electrons. The summed E-state index contributed by atoms with van der Waals surface area (Å²) in [4.78, 5) is 42.6. The van der Waals surface area contributed by atoms with Gasteiger partial charge < -0.3 is 9.47 Å². The van der Waals surface area contributed by atoms with Crippen molar-refractivity contribution in [2.75, 3.05) is 14.2 Å². The zero-order valence-corrected chi connectivity index (χ0v) is 19.9. The van der Waals surface area contributed by atoms with Gasteiger partial charge in [-0.15, -0.1) is 0 Å². The predicted molar refractivity (Wildman–Crippen MR) is 133 cm³/mol. The lowest BCUT2D eigenvalue weighted by Crippen LogP contribution is -2.39. The van der Waals surface area contributed by atoms with Crippen LogP contribution in [-0.4, -0.2) is 40.1 Å². The topological polar surface area (TPSA) is 82.8 Å². The number of benzene rings is 3. The van der Waals surface area contributed by atoms with E-state index in [0.29, 0.717) is 11.1 Å². The van der Waals surface area contributed by atoms with Gasteiger partial charge in [-0.25, -0.2) is 4.79 Å². The van der Waals surface area contributed by atoms with Crippen LogP contribution in [0.15, 0.2) is 95.8 Å². The van der Waals surface area contributed by atoms with Crippen molar-refractivity contribution < 1.29 is 19.1 Å². The molecule has 4 aromatic rings. The van der Waals surface area contributed by atoms with Gasteiger partial charge >= 0.3 is 5.69 Å². The van der Waals surface area contributed by atoms with Crippen LogP contribution in [0.2, 0.25) is 0 Å². The number of carbonyl (C=O) groups excluding carboxylic acids is 2. The summed E-state index contributed by atoms with van der Waals surface area (Å²) in [6.07, 6.45) is -1.84. The first-order chi connectivity index (χ1) is 17.6. The molecule has 3 aromatic carbocycles. The predicted octanol–water partition coefficient (Wildman–Crippen LogP) is 3.83. The first-order valence-corrected chi connectivity index (χ1v) is 11.5. The van der Waals surface area contributed by atoms with Crippen molar-refractivity contribution in [3.63, 3.8) is 0 Å². The molecule has 8 nitrogen and oxygen atoms in total. The second-order valence-corrected chi connectivity index (χ2v) is 8.40. The van der Waals surface area contributed by atoms with Gasteiger partial charge in [-0.3, -0.25) is 23.6 Å². The molecule has 0 aliphatic carbocycles. The van der Waals surface area contributed by atoms with Gasteiger partial charge in [-0.2, -0.15) is 0 Å². The van der Waals surface area contributed by atoms with Crippen molar-refractivity contribution in [1.29, 1.82) is 0 Å². The van der Waals surface area contributed by atoms with Crippen LogP contribution in [0, 0.1) is 0 Å². The smallest absolute Gasteiger partial charge is 0.334 e. The van der Waals surface area contributed by atoms with Crippen molar-refractivity contribution in [3.8, 4) is 0 Å². The van der Waals surface area contributed by atoms with Gasteiger partial charge in [0.05, 0.1) is 6.54 Å². The third kappa shape index (κ3) is 3.86. The Bertz CT molecular complexity index is 1360. The summed E-state index contributed by atoms with van der Waals surface area (Å²) >= 11 is 0. The Kier molecular flexibility index (Phi) is 6.37. The summed E-state index contributed by atoms with van der Waals surface area (Å²) in [5.41, 5.74) is 1.51. The molecule has 1 aliphatic rings. The number of methoxy groups -OCH3 is 2. The Labute approximate surface area is 207 Å². The minimum Gasteiger partial charge on any atom is -0.357 e. The number of amides is 2. The number of imidazole rings is 1. The molecule has 0 saturated heterocycles. The maximum absolute atomic E-state index is 13.9. The SMILES string of the molecule is COC(c1ccccc1)n1c2c(n(C(OC)c3ccccc3)c1=O)C(=O)N(Cc1ccccc1)C2=O. The number of fused-ring (bicyclic) bond motifs is 1. The van der Waals surface area contributed by atoms with Gasteiger partial charge in [0.2, 0.25) is 0 Å². The number of hydrogen-bond donors (Lipinski definition) is 0. The highest BCUT2D eigenvalue weighted by Gasteiger charge is 2.46. The van der Waals surface area contributed by atoms with Gasteiger partial charge in [-0.1, -0.05) is 91.0 Å². The first kappa shape index (κ1) is 23.5. The van der Waals surface area contributed by atoms with Crippen LogP contribution in [0.5, 0.6) is 0 Å². The largest absolute Gasteiger partial charge is 0.357 e. The zero-order chi connectivity index (χ0) is 25.2. The number of nitrogens with zero attached hydrogens (tertiary/aromatic N) is 3. The lowest BCUT2D eigenvalue weighted by atomic mass is 10.2. The van der Waals surface area contributed by atoms with Crippen LogP contribution in [-0.2, 0) is 16.0 Å². The average Bonchev–Trinajstić information content (AvgIpc) is 3.34. The van der Waals surface area contributed by atoms with Gasteiger partial charge in [0.1, 0.15) is 11.4 Å². The van der Waals surface area contributed by atoms with E-state index in [-0.39, 0.29) is 17.9 Å². The highest BCUT2D eigenvalue weighted by molar-refractivity contribution is 6.19. The third-order valence-electron chi connectivity index (χ3n) is 6.28. The van der Waals surface area contributed by atoms with Gasteiger partial charge in [0, 0.05) is 25.3 Å². The van der Waals surface area contributed by atoms with Gasteiger partial charge in [0.25, 0.3) is 11.8 Å². The Hall–Kier alpha value is -4.27. The first-order valence-electron chi connectivity index (χ1n) is 11.5. The van der Waals surface area contributed by atoms with Gasteiger partial charge in [0.15, 0.2) is 12.5 Å². The van der Waals surface area contributed by atoms with Crippen LogP contribution in [0.1, 0.15) is 50.1 Å². The fourth-order valence-corrected chi connectivity index (χ4v) is 4.65. The number of aromatic nitrogens is 2. The molecule has 182 valence electrons. The van der Waals surface area contributed by atoms with Crippen molar-refractivity contribution in [1.82, 2.24) is 14.0 Å². The molecule has 36 heavy (non-hydrogen) atoms. The number of rotatable bonds is 8. The van der Waals surface area contributed by atoms with Gasteiger partial charge in [-0.05, 0) is 5.56 Å². The standard InChI is InChI=1S/C28H25N3O5/c1-35-26(20-14-8-4-9-15-20)30-22-23(25(33)29(24(22)32)18-19-12-6-3-7-13-19)31(28(30)34)27(36-2)21-16-10-5-11-17-21/h3-17,26-27H,18H2,1-2H3. The molecule has 1 aliphatic heterocycles. The molecule has 0 fully saturated rings. The second kappa shape index (κ2) is 9.77. The molecule has 2 amide bonds. The Morgan fingerprint density at radius 3 is 1.39 bits per heavy atom. The quantitative estimate of drug-likeness (QED) is 0.356. The molecule has 1 aromatic heterocycles. The molecule has 0 saturated carbocycles. The van der Waals surface area contributed by atoms with E-state index in [1.54, 1.807) is 24.3 Å². The lowest BCUT2D eigenvalue weighted by molar-refractivity contribution is 0.0494. The summed E-state index contributed by atoms with van der Waals surface area (Å²) in [7, 11) is 2.92. The summed E-state index contributed by atoms with van der Waals surface area (Å²) in [5, 5.41) is 0. The zero-order valence-electron chi connectivity index (χ0n) is 19.9. The second-order valence-electron chi connectivity index (χ2n) is 8.40. The lowest BCUT2D eigenvalue weighted by Gasteiger charge is -2.22. The maximum Gasteiger partial charge on any atom is 0.334 e. The van der Waals surface area contributed by atoms with Crippen LogP contribution < -0.4 is 5.69 Å². The molecule has 2 heterocycles. The van der Waals surface area contributed by atoms with E-state index in [1.807, 2.05) is 66.7 Å². The highest BCUT2D eigenvalue weighted by atomic mass is 16.5. The molecule has 0 N–H and O–H groups in total. The molecule has 8 heteroatoms. The van der Waals surface area contributed by atoms with Crippen molar-refractivity contribution >= 4 is 11.8 Å². The fourth-order valence-electron chi connectivity index (χ4n) is 4.65. The number of ether oxygens (including phenoxy) is 2. The van der Waals surface area contributed by atoms with Crippen LogP contribution in [0.3, 0.4) is 0 Å². The molecule has 0 spiro atoms. The fraction of sp³-hybridized carbons (Fsp3) is 0.179. The Balaban J connectivity index is 1.72. The molecule has 2 unspecified atom stereocenters. The van der Waals surface area contributed by atoms with Crippen LogP contribution in [0.25, 0.3) is 0 Å². The van der Waals surface area contributed by atoms with Crippen molar-refractivity contribution in [2.24, 2.45) is 0 Å². The van der Waals surface area contributed by atoms with E-state index in [4.69, 9.17) is 9.47 Å². The third-order valence-corrected chi connectivity index (χ3v) is 6.28. The molecular weight excluding hydrogens is 458 g/mol. The Morgan fingerprint density at radius 1 is 0.611 bits per heavy atom. The molecule has 2 atom stereocenters. The van der Waals surface area contributed by atoms with E-state index in [1.165, 1.54) is 23.4 Å². The summed E-state index contributed by atoms with van der Waals surface area (Å²) in [6.45, 7) is 0.0767. The van der Waals surface area contributed by atoms with E-state index in [9.17, 15) is 14.4 Å². The minimum atomic E-state index is -0.921. The number of carbonyl (C=O) groups is 2. The summed E-state index contributed by atoms with van der Waals surface area (Å²) < 4.78 is 14.0. The minimum absolute atomic E-state index is 0.0189. The Morgan fingerprint density at radius 2 is 1.00 bits per heavy atom. The maximum atomic E-state index is 13.9. The van der Waals surface area contributed by atoms with E-state index in [2.05, 4.69) is 0 Å². The monoisotopic (exact) mass is 483 g/mol. The number of hydrogen-bond acceptors (Lipinski definition) is 5. The molecule has 5 rings (SSSR count). The van der Waals surface area contributed by atoms with Crippen LogP contribution in [0.4, 0.5) is 0 Å². The average molecular weight is 484 g/mol. The molecule has 0 bridgehead atoms. The van der Waals surface area contributed by atoms with Crippen LogP contribution >= 0.6 is 0 Å². The van der Waals surface area contributed by atoms with Crippen molar-refractivity contribution in [3.05, 3.63) is 130 Å². The summed E-state index contributed by atoms with van der Waals surface area (Å²) in [5.74, 6) is -1.12. The van der Waals surface area contributed by atoms with E-state index >= 15 is 0 Å². The van der Waals surface area contributed by atoms with Crippen molar-refractivity contribution in [2.45, 2.75) is 19.0 Å². The normalized spacial score (nSPS) is 14.7. The highest BCUT2D eigenvalue weighted by Crippen LogP contribution is 2.32.